The van der Waals surface area contributed by atoms with Gasteiger partial charge in [-0.2, -0.15) is 0 Å². The van der Waals surface area contributed by atoms with Crippen molar-refractivity contribution in [2.45, 2.75) is 26.2 Å². The predicted molar refractivity (Wildman–Crippen MR) is 120 cm³/mol. The van der Waals surface area contributed by atoms with E-state index in [0.717, 1.165) is 23.2 Å². The first-order chi connectivity index (χ1) is 13.5. The minimum absolute atomic E-state index is 0.251. The topological polar surface area (TPSA) is 42.0 Å². The molecular formula is C22H20Cl2N2OS. The SMILES string of the molecule is CCC(C)c1ccc(-c2csc(NC(=O)/C=C/c3ccc(Cl)c(Cl)c3)n2)cc1. The van der Waals surface area contributed by atoms with Gasteiger partial charge < -0.3 is 0 Å². The summed E-state index contributed by atoms with van der Waals surface area (Å²) in [5.74, 6) is 0.292. The molecule has 0 aliphatic heterocycles. The van der Waals surface area contributed by atoms with Gasteiger partial charge >= 0.3 is 0 Å². The van der Waals surface area contributed by atoms with Gasteiger partial charge in [-0.3, -0.25) is 10.1 Å². The molecule has 6 heteroatoms. The number of amides is 1. The molecule has 0 bridgehead atoms. The highest BCUT2D eigenvalue weighted by atomic mass is 35.5. The zero-order chi connectivity index (χ0) is 20.1. The molecule has 0 fully saturated rings. The lowest BCUT2D eigenvalue weighted by Crippen LogP contribution is -2.07. The first-order valence-corrected chi connectivity index (χ1v) is 10.6. The summed E-state index contributed by atoms with van der Waals surface area (Å²) in [5.41, 5.74) is 4.01. The maximum atomic E-state index is 12.1. The van der Waals surface area contributed by atoms with Crippen molar-refractivity contribution >= 4 is 51.7 Å². The van der Waals surface area contributed by atoms with Gasteiger partial charge in [-0.15, -0.1) is 11.3 Å². The second kappa shape index (κ2) is 9.37. The highest BCUT2D eigenvalue weighted by Gasteiger charge is 2.08. The van der Waals surface area contributed by atoms with Gasteiger partial charge in [0.25, 0.3) is 0 Å². The van der Waals surface area contributed by atoms with Gasteiger partial charge in [0.05, 0.1) is 15.7 Å². The second-order valence-electron chi connectivity index (χ2n) is 6.47. The van der Waals surface area contributed by atoms with Crippen molar-refractivity contribution in [3.05, 3.63) is 75.1 Å². The van der Waals surface area contributed by atoms with Crippen molar-refractivity contribution < 1.29 is 4.79 Å². The summed E-state index contributed by atoms with van der Waals surface area (Å²) in [4.78, 5) is 16.7. The summed E-state index contributed by atoms with van der Waals surface area (Å²) < 4.78 is 0. The van der Waals surface area contributed by atoms with Crippen molar-refractivity contribution in [1.82, 2.24) is 4.98 Å². The fourth-order valence-corrected chi connectivity index (χ4v) is 3.65. The van der Waals surface area contributed by atoms with Crippen LogP contribution in [0.2, 0.25) is 10.0 Å². The Morgan fingerprint density at radius 2 is 1.93 bits per heavy atom. The molecule has 3 aromatic rings. The van der Waals surface area contributed by atoms with E-state index in [0.29, 0.717) is 21.1 Å². The van der Waals surface area contributed by atoms with Crippen LogP contribution in [0.25, 0.3) is 17.3 Å². The van der Waals surface area contributed by atoms with E-state index in [1.807, 2.05) is 5.38 Å². The van der Waals surface area contributed by atoms with Crippen molar-refractivity contribution in [2.75, 3.05) is 5.32 Å². The number of hydrogen-bond donors (Lipinski definition) is 1. The van der Waals surface area contributed by atoms with Crippen molar-refractivity contribution in [2.24, 2.45) is 0 Å². The maximum absolute atomic E-state index is 12.1. The lowest BCUT2D eigenvalue weighted by molar-refractivity contribution is -0.111. The fourth-order valence-electron chi connectivity index (χ4n) is 2.62. The molecule has 1 aromatic heterocycles. The first kappa shape index (κ1) is 20.6. The van der Waals surface area contributed by atoms with Crippen LogP contribution in [-0.4, -0.2) is 10.9 Å². The molecule has 28 heavy (non-hydrogen) atoms. The summed E-state index contributed by atoms with van der Waals surface area (Å²) >= 11 is 13.3. The Hall–Kier alpha value is -2.14. The Bertz CT molecular complexity index is 996. The molecule has 0 saturated carbocycles. The normalized spacial score (nSPS) is 12.3. The van der Waals surface area contributed by atoms with Crippen LogP contribution in [0.15, 0.2) is 53.9 Å². The van der Waals surface area contributed by atoms with Crippen LogP contribution in [0.4, 0.5) is 5.13 Å². The predicted octanol–water partition coefficient (Wildman–Crippen LogP) is 7.28. The smallest absolute Gasteiger partial charge is 0.250 e. The van der Waals surface area contributed by atoms with Crippen molar-refractivity contribution in [1.29, 1.82) is 0 Å². The lowest BCUT2D eigenvalue weighted by atomic mass is 9.97. The maximum Gasteiger partial charge on any atom is 0.250 e. The molecule has 1 atom stereocenters. The molecule has 0 aliphatic carbocycles. The highest BCUT2D eigenvalue weighted by molar-refractivity contribution is 7.14. The van der Waals surface area contributed by atoms with E-state index in [9.17, 15) is 4.79 Å². The molecule has 0 aliphatic rings. The third kappa shape index (κ3) is 5.22. The average molecular weight is 431 g/mol. The van der Waals surface area contributed by atoms with Gasteiger partial charge in [0, 0.05) is 17.0 Å². The van der Waals surface area contributed by atoms with Crippen LogP contribution < -0.4 is 5.32 Å². The average Bonchev–Trinajstić information content (AvgIpc) is 3.16. The minimum Gasteiger partial charge on any atom is -0.298 e. The number of nitrogens with one attached hydrogen (secondary N) is 1. The van der Waals surface area contributed by atoms with Crippen molar-refractivity contribution in [3.8, 4) is 11.3 Å². The summed E-state index contributed by atoms with van der Waals surface area (Å²) in [6.45, 7) is 4.40. The van der Waals surface area contributed by atoms with E-state index in [1.54, 1.807) is 24.3 Å². The Balaban J connectivity index is 1.64. The number of hydrogen-bond acceptors (Lipinski definition) is 3. The van der Waals surface area contributed by atoms with Crippen LogP contribution in [0.3, 0.4) is 0 Å². The van der Waals surface area contributed by atoms with Crippen LogP contribution >= 0.6 is 34.5 Å². The van der Waals surface area contributed by atoms with Gasteiger partial charge in [0.1, 0.15) is 0 Å². The summed E-state index contributed by atoms with van der Waals surface area (Å²) in [7, 11) is 0. The third-order valence-corrected chi connectivity index (χ3v) is 5.99. The Morgan fingerprint density at radius 1 is 1.18 bits per heavy atom. The number of rotatable bonds is 6. The molecule has 0 saturated heterocycles. The van der Waals surface area contributed by atoms with Gasteiger partial charge in [-0.1, -0.05) is 67.4 Å². The second-order valence-corrected chi connectivity index (χ2v) is 8.14. The van der Waals surface area contributed by atoms with E-state index >= 15 is 0 Å². The summed E-state index contributed by atoms with van der Waals surface area (Å²) in [6.07, 6.45) is 4.24. The largest absolute Gasteiger partial charge is 0.298 e. The van der Waals surface area contributed by atoms with Gasteiger partial charge in [-0.05, 0) is 41.7 Å². The molecule has 2 aromatic carbocycles. The van der Waals surface area contributed by atoms with E-state index in [4.69, 9.17) is 23.2 Å². The number of halogens is 2. The van der Waals surface area contributed by atoms with Crippen molar-refractivity contribution in [3.63, 3.8) is 0 Å². The van der Waals surface area contributed by atoms with Gasteiger partial charge in [0.2, 0.25) is 5.91 Å². The molecule has 1 N–H and O–H groups in total. The van der Waals surface area contributed by atoms with E-state index < -0.39 is 0 Å². The van der Waals surface area contributed by atoms with Crippen LogP contribution in [0.5, 0.6) is 0 Å². The standard InChI is InChI=1S/C22H20Cl2N2OS/c1-3-14(2)16-6-8-17(9-7-16)20-13-28-22(25-20)26-21(27)11-5-15-4-10-18(23)19(24)12-15/h4-14H,3H2,1-2H3,(H,25,26,27)/b11-5+. The fraction of sp³-hybridized carbons (Fsp3) is 0.182. The van der Waals surface area contributed by atoms with Crippen LogP contribution in [0.1, 0.15) is 37.3 Å². The van der Waals surface area contributed by atoms with Gasteiger partial charge in [0.15, 0.2) is 5.13 Å². The zero-order valence-electron chi connectivity index (χ0n) is 15.6. The molecule has 0 radical (unpaired) electrons. The number of nitrogens with zero attached hydrogens (tertiary/aromatic N) is 1. The number of aromatic nitrogens is 1. The van der Waals surface area contributed by atoms with E-state index in [2.05, 4.69) is 48.4 Å². The van der Waals surface area contributed by atoms with E-state index in [-0.39, 0.29) is 5.91 Å². The molecule has 1 amide bonds. The molecular weight excluding hydrogens is 411 g/mol. The number of anilines is 1. The third-order valence-electron chi connectivity index (χ3n) is 4.49. The summed E-state index contributed by atoms with van der Waals surface area (Å²) in [5, 5.41) is 6.22. The number of carbonyl (C=O) groups is 1. The molecule has 3 nitrogen and oxygen atoms in total. The van der Waals surface area contributed by atoms with E-state index in [1.165, 1.54) is 23.0 Å². The zero-order valence-corrected chi connectivity index (χ0v) is 17.9. The number of benzene rings is 2. The molecule has 144 valence electrons. The minimum atomic E-state index is -0.251. The van der Waals surface area contributed by atoms with Gasteiger partial charge in [-0.25, -0.2) is 4.98 Å². The summed E-state index contributed by atoms with van der Waals surface area (Å²) in [6, 6.07) is 13.6. The quantitative estimate of drug-likeness (QED) is 0.417. The Morgan fingerprint density at radius 3 is 2.61 bits per heavy atom. The number of thiazole rings is 1. The molecule has 1 heterocycles. The molecule has 1 unspecified atom stereocenters. The van der Waals surface area contributed by atoms with Crippen LogP contribution in [-0.2, 0) is 4.79 Å². The first-order valence-electron chi connectivity index (χ1n) is 8.96. The van der Waals surface area contributed by atoms with Crippen LogP contribution in [0, 0.1) is 0 Å². The highest BCUT2D eigenvalue weighted by Crippen LogP contribution is 2.27. The Labute approximate surface area is 179 Å². The molecule has 0 spiro atoms. The lowest BCUT2D eigenvalue weighted by Gasteiger charge is -2.08. The monoisotopic (exact) mass is 430 g/mol. The Kier molecular flexibility index (Phi) is 6.89. The number of carbonyl (C=O) groups excluding carboxylic acids is 1. The molecule has 3 rings (SSSR count).